The van der Waals surface area contributed by atoms with Crippen LogP contribution in [0.1, 0.15) is 11.1 Å². The van der Waals surface area contributed by atoms with Crippen molar-refractivity contribution in [2.75, 3.05) is 0 Å². The summed E-state index contributed by atoms with van der Waals surface area (Å²) in [6.07, 6.45) is 0. The smallest absolute Gasteiger partial charge is 0.383 e. The van der Waals surface area contributed by atoms with Crippen molar-refractivity contribution in [3.8, 4) is 11.5 Å². The van der Waals surface area contributed by atoms with Crippen LogP contribution in [-0.4, -0.2) is 11.8 Å². The number of rotatable bonds is 7. The molecule has 1 nitrogen and oxygen atoms in total. The summed E-state index contributed by atoms with van der Waals surface area (Å²) in [5.74, 6) is -25.2. The molecule has 0 amide bonds. The highest BCUT2D eigenvalue weighted by atomic mass is 127. The summed E-state index contributed by atoms with van der Waals surface area (Å²) in [5.41, 5.74) is -3.18. The number of para-hydroxylation sites is 2. The molecule has 0 N–H and O–H groups in total. The molecule has 170 valence electrons. The quantitative estimate of drug-likeness (QED) is 0.205. The summed E-state index contributed by atoms with van der Waals surface area (Å²) >= 11 is 1.50. The molecule has 0 unspecified atom stereocenters. The number of ether oxygens (including phenoxy) is 1. The summed E-state index contributed by atoms with van der Waals surface area (Å²) in [7, 11) is 0. The zero-order chi connectivity index (χ0) is 23.8. The first-order valence-corrected chi connectivity index (χ1v) is 10.00. The van der Waals surface area contributed by atoms with Crippen molar-refractivity contribution in [3.63, 3.8) is 0 Å². The summed E-state index contributed by atoms with van der Waals surface area (Å²) in [6.45, 7) is 0. The third kappa shape index (κ3) is 4.04. The van der Waals surface area contributed by atoms with E-state index in [1.54, 1.807) is 6.07 Å². The normalized spacial score (nSPS) is 13.2. The summed E-state index contributed by atoms with van der Waals surface area (Å²) < 4.78 is 122. The van der Waals surface area contributed by atoms with Gasteiger partial charge in [0.15, 0.2) is 0 Å². The molecule has 0 aromatic heterocycles. The van der Waals surface area contributed by atoms with Crippen LogP contribution in [0, 0.1) is 3.57 Å². The largest absolute Gasteiger partial charge is 0.457 e. The molecule has 0 saturated carbocycles. The molecule has 0 atom stereocenters. The van der Waals surface area contributed by atoms with Gasteiger partial charge in [-0.25, -0.2) is 0 Å². The first-order valence-electron chi connectivity index (χ1n) is 8.92. The maximum absolute atomic E-state index is 14.9. The molecule has 3 aromatic carbocycles. The van der Waals surface area contributed by atoms with Crippen LogP contribution < -0.4 is 4.74 Å². The number of hydrogen-bond acceptors (Lipinski definition) is 1. The highest BCUT2D eigenvalue weighted by molar-refractivity contribution is 14.1. The maximum atomic E-state index is 14.9. The molecule has 3 aromatic rings. The van der Waals surface area contributed by atoms with E-state index in [-0.39, 0.29) is 9.32 Å². The van der Waals surface area contributed by atoms with Gasteiger partial charge < -0.3 is 4.74 Å². The number of hydrogen-bond donors (Lipinski definition) is 0. The average Bonchev–Trinajstić information content (AvgIpc) is 2.74. The van der Waals surface area contributed by atoms with Crippen LogP contribution in [0.5, 0.6) is 11.5 Å². The molecule has 0 bridgehead atoms. The fourth-order valence-corrected chi connectivity index (χ4v) is 3.40. The standard InChI is InChI=1S/C22H13F8IO/c23-19(24,14-7-6-8-15(31)13-14)21(27,28)22(29,30)20(25,26)17-11-4-5-12-18(17)32-16-9-2-1-3-10-16/h1-13H. The lowest BCUT2D eigenvalue weighted by molar-refractivity contribution is -0.374. The van der Waals surface area contributed by atoms with E-state index >= 15 is 0 Å². The lowest BCUT2D eigenvalue weighted by Gasteiger charge is -2.37. The van der Waals surface area contributed by atoms with Crippen LogP contribution in [0.4, 0.5) is 35.1 Å². The Labute approximate surface area is 191 Å². The Kier molecular flexibility index (Phi) is 6.47. The van der Waals surface area contributed by atoms with Crippen molar-refractivity contribution >= 4 is 22.6 Å². The Hall–Kier alpha value is -2.37. The first-order chi connectivity index (χ1) is 14.8. The Morgan fingerprint density at radius 2 is 1.16 bits per heavy atom. The van der Waals surface area contributed by atoms with Gasteiger partial charge in [-0.2, -0.15) is 35.1 Å². The fourth-order valence-electron chi connectivity index (χ4n) is 2.86. The Balaban J connectivity index is 2.07. The van der Waals surface area contributed by atoms with E-state index in [1.807, 2.05) is 0 Å². The fraction of sp³-hybridized carbons (Fsp3) is 0.182. The Morgan fingerprint density at radius 1 is 0.594 bits per heavy atom. The molecule has 0 saturated heterocycles. The summed E-state index contributed by atoms with van der Waals surface area (Å²) in [6, 6.07) is 13.6. The zero-order valence-corrected chi connectivity index (χ0v) is 18.0. The van der Waals surface area contributed by atoms with Crippen LogP contribution in [0.2, 0.25) is 0 Å². The van der Waals surface area contributed by atoms with Gasteiger partial charge in [-0.05, 0) is 59.0 Å². The predicted octanol–water partition coefficient (Wildman–Crippen LogP) is 8.24. The maximum Gasteiger partial charge on any atom is 0.383 e. The van der Waals surface area contributed by atoms with Crippen LogP contribution in [0.25, 0.3) is 0 Å². The van der Waals surface area contributed by atoms with Gasteiger partial charge in [-0.1, -0.05) is 42.5 Å². The van der Waals surface area contributed by atoms with E-state index in [4.69, 9.17) is 4.74 Å². The van der Waals surface area contributed by atoms with Crippen molar-refractivity contribution in [2.24, 2.45) is 0 Å². The predicted molar refractivity (Wildman–Crippen MR) is 110 cm³/mol. The molecule has 0 heterocycles. The highest BCUT2D eigenvalue weighted by Crippen LogP contribution is 2.60. The van der Waals surface area contributed by atoms with E-state index in [0.29, 0.717) is 18.2 Å². The Morgan fingerprint density at radius 3 is 1.78 bits per heavy atom. The van der Waals surface area contributed by atoms with E-state index < -0.39 is 40.6 Å². The van der Waals surface area contributed by atoms with Crippen molar-refractivity contribution < 1.29 is 39.9 Å². The van der Waals surface area contributed by atoms with Crippen molar-refractivity contribution in [3.05, 3.63) is 93.6 Å². The number of benzene rings is 3. The van der Waals surface area contributed by atoms with Crippen molar-refractivity contribution in [1.82, 2.24) is 0 Å². The zero-order valence-electron chi connectivity index (χ0n) is 15.8. The van der Waals surface area contributed by atoms with Gasteiger partial charge in [0.05, 0.1) is 5.56 Å². The monoisotopic (exact) mass is 572 g/mol. The molecule has 0 aliphatic heterocycles. The average molecular weight is 572 g/mol. The van der Waals surface area contributed by atoms with E-state index in [2.05, 4.69) is 0 Å². The molecular formula is C22H13F8IO. The van der Waals surface area contributed by atoms with Gasteiger partial charge in [0.25, 0.3) is 0 Å². The second-order valence-corrected chi connectivity index (χ2v) is 7.96. The van der Waals surface area contributed by atoms with E-state index in [9.17, 15) is 35.1 Å². The van der Waals surface area contributed by atoms with Gasteiger partial charge in [0, 0.05) is 9.13 Å². The lowest BCUT2D eigenvalue weighted by atomic mass is 9.90. The number of halogens is 9. The molecule has 3 rings (SSSR count). The van der Waals surface area contributed by atoms with Crippen molar-refractivity contribution in [2.45, 2.75) is 23.7 Å². The van der Waals surface area contributed by atoms with Gasteiger partial charge in [-0.15, -0.1) is 0 Å². The topological polar surface area (TPSA) is 9.23 Å². The van der Waals surface area contributed by atoms with Gasteiger partial charge in [0.1, 0.15) is 11.5 Å². The number of alkyl halides is 8. The molecule has 0 spiro atoms. The molecule has 0 aliphatic rings. The van der Waals surface area contributed by atoms with Crippen LogP contribution >= 0.6 is 22.6 Å². The van der Waals surface area contributed by atoms with Gasteiger partial charge >= 0.3 is 23.7 Å². The SMILES string of the molecule is FC(F)(c1cccc(I)c1)C(F)(F)C(F)(F)C(F)(F)c1ccccc1Oc1ccccc1. The molecule has 32 heavy (non-hydrogen) atoms. The third-order valence-corrected chi connectivity index (χ3v) is 5.24. The van der Waals surface area contributed by atoms with Gasteiger partial charge in [-0.3, -0.25) is 0 Å². The summed E-state index contributed by atoms with van der Waals surface area (Å²) in [4.78, 5) is 0. The van der Waals surface area contributed by atoms with E-state index in [1.165, 1.54) is 52.9 Å². The minimum Gasteiger partial charge on any atom is -0.457 e. The van der Waals surface area contributed by atoms with Crippen LogP contribution in [0.3, 0.4) is 0 Å². The van der Waals surface area contributed by atoms with Crippen molar-refractivity contribution in [1.29, 1.82) is 0 Å². The highest BCUT2D eigenvalue weighted by Gasteiger charge is 2.81. The van der Waals surface area contributed by atoms with Gasteiger partial charge in [0.2, 0.25) is 0 Å². The minimum absolute atomic E-state index is 0.0345. The second-order valence-electron chi connectivity index (χ2n) is 6.72. The Bertz CT molecular complexity index is 1090. The molecule has 0 fully saturated rings. The third-order valence-electron chi connectivity index (χ3n) is 4.57. The van der Waals surface area contributed by atoms with Crippen LogP contribution in [0.15, 0.2) is 78.9 Å². The lowest BCUT2D eigenvalue weighted by Crippen LogP contribution is -2.59. The molecule has 0 radical (unpaired) electrons. The molecular weight excluding hydrogens is 559 g/mol. The first kappa shape index (κ1) is 24.3. The molecule has 10 heteroatoms. The van der Waals surface area contributed by atoms with E-state index in [0.717, 1.165) is 24.3 Å². The minimum atomic E-state index is -6.49. The molecule has 0 aliphatic carbocycles. The van der Waals surface area contributed by atoms with Crippen LogP contribution in [-0.2, 0) is 11.8 Å². The second kappa shape index (κ2) is 8.53. The summed E-state index contributed by atoms with van der Waals surface area (Å²) in [5, 5.41) is 0.